The van der Waals surface area contributed by atoms with Crippen LogP contribution in [0.1, 0.15) is 23.6 Å². The normalized spacial score (nSPS) is 11.8. The Hall–Kier alpha value is -1.65. The minimum atomic E-state index is -0.519. The molecule has 2 rings (SSSR count). The summed E-state index contributed by atoms with van der Waals surface area (Å²) < 4.78 is 5.79. The van der Waals surface area contributed by atoms with Crippen LogP contribution in [0.25, 0.3) is 0 Å². The van der Waals surface area contributed by atoms with Crippen molar-refractivity contribution in [2.24, 2.45) is 0 Å². The first-order chi connectivity index (χ1) is 12.0. The second kappa shape index (κ2) is 9.73. The van der Waals surface area contributed by atoms with Crippen LogP contribution in [0.3, 0.4) is 0 Å². The molecule has 1 amide bonds. The van der Waals surface area contributed by atoms with Crippen LogP contribution in [-0.2, 0) is 10.5 Å². The van der Waals surface area contributed by atoms with E-state index in [2.05, 4.69) is 5.32 Å². The molecule has 2 aromatic carbocycles. The molecule has 0 bridgehead atoms. The maximum Gasteiger partial charge on any atom is 0.260 e. The van der Waals surface area contributed by atoms with Crippen LogP contribution in [0, 0.1) is 13.8 Å². The van der Waals surface area contributed by atoms with E-state index in [4.69, 9.17) is 16.3 Å². The monoisotopic (exact) mass is 377 g/mol. The third-order valence-electron chi connectivity index (χ3n) is 3.78. The zero-order valence-corrected chi connectivity index (χ0v) is 16.4. The maximum absolute atomic E-state index is 12.2. The van der Waals surface area contributed by atoms with Gasteiger partial charge in [0.15, 0.2) is 6.10 Å². The molecule has 134 valence electrons. The number of amides is 1. The molecular formula is C20H24ClNO2S. The molecule has 0 heterocycles. The highest BCUT2D eigenvalue weighted by Gasteiger charge is 2.15. The van der Waals surface area contributed by atoms with E-state index in [1.165, 1.54) is 0 Å². The highest BCUT2D eigenvalue weighted by atomic mass is 35.5. The standard InChI is InChI=1S/C20H24ClNO2S/c1-14-8-9-15(2)19(12-14)24-16(3)20(23)22-10-11-25-13-17-6-4-5-7-18(17)21/h4-9,12,16H,10-11,13H2,1-3H3,(H,22,23)/t16-/m1/s1. The van der Waals surface area contributed by atoms with Crippen LogP contribution in [0.2, 0.25) is 5.02 Å². The molecule has 25 heavy (non-hydrogen) atoms. The fourth-order valence-corrected chi connectivity index (χ4v) is 3.41. The Labute approximate surface area is 159 Å². The summed E-state index contributed by atoms with van der Waals surface area (Å²) in [4.78, 5) is 12.2. The van der Waals surface area contributed by atoms with Crippen molar-refractivity contribution < 1.29 is 9.53 Å². The van der Waals surface area contributed by atoms with Gasteiger partial charge in [0, 0.05) is 23.1 Å². The van der Waals surface area contributed by atoms with Gasteiger partial charge in [-0.2, -0.15) is 11.8 Å². The summed E-state index contributed by atoms with van der Waals surface area (Å²) in [5.41, 5.74) is 3.26. The van der Waals surface area contributed by atoms with Gasteiger partial charge in [0.05, 0.1) is 0 Å². The van der Waals surface area contributed by atoms with Crippen LogP contribution < -0.4 is 10.1 Å². The number of rotatable bonds is 8. The summed E-state index contributed by atoms with van der Waals surface area (Å²) in [6, 6.07) is 13.8. The lowest BCUT2D eigenvalue weighted by Gasteiger charge is -2.16. The van der Waals surface area contributed by atoms with Crippen molar-refractivity contribution in [3.63, 3.8) is 0 Å². The Bertz CT molecular complexity index is 721. The summed E-state index contributed by atoms with van der Waals surface area (Å²) in [5.74, 6) is 2.33. The number of ether oxygens (including phenoxy) is 1. The van der Waals surface area contributed by atoms with Gasteiger partial charge in [-0.25, -0.2) is 0 Å². The van der Waals surface area contributed by atoms with Gasteiger partial charge in [-0.15, -0.1) is 0 Å². The minimum absolute atomic E-state index is 0.0979. The molecular weight excluding hydrogens is 354 g/mol. The predicted molar refractivity (Wildman–Crippen MR) is 107 cm³/mol. The third kappa shape index (κ3) is 6.29. The summed E-state index contributed by atoms with van der Waals surface area (Å²) in [5, 5.41) is 3.71. The fraction of sp³-hybridized carbons (Fsp3) is 0.350. The predicted octanol–water partition coefficient (Wildman–Crippen LogP) is 4.77. The number of aryl methyl sites for hydroxylation is 2. The zero-order chi connectivity index (χ0) is 18.2. The van der Waals surface area contributed by atoms with Crippen molar-refractivity contribution >= 4 is 29.3 Å². The molecule has 0 aromatic heterocycles. The number of carbonyl (C=O) groups excluding carboxylic acids is 1. The van der Waals surface area contributed by atoms with Gasteiger partial charge in [-0.05, 0) is 49.6 Å². The van der Waals surface area contributed by atoms with Crippen molar-refractivity contribution in [3.05, 3.63) is 64.2 Å². The summed E-state index contributed by atoms with van der Waals surface area (Å²) in [6.07, 6.45) is -0.519. The number of hydrogen-bond donors (Lipinski definition) is 1. The third-order valence-corrected chi connectivity index (χ3v) is 5.15. The second-order valence-corrected chi connectivity index (χ2v) is 7.48. The molecule has 1 N–H and O–H groups in total. The molecule has 0 aliphatic rings. The van der Waals surface area contributed by atoms with Crippen molar-refractivity contribution in [2.45, 2.75) is 32.6 Å². The first-order valence-electron chi connectivity index (χ1n) is 8.30. The first-order valence-corrected chi connectivity index (χ1v) is 9.83. The van der Waals surface area contributed by atoms with Gasteiger partial charge in [0.1, 0.15) is 5.75 Å². The summed E-state index contributed by atoms with van der Waals surface area (Å²) >= 11 is 7.87. The topological polar surface area (TPSA) is 38.3 Å². The molecule has 0 aliphatic heterocycles. The Balaban J connectivity index is 1.71. The zero-order valence-electron chi connectivity index (χ0n) is 14.8. The van der Waals surface area contributed by atoms with Gasteiger partial charge >= 0.3 is 0 Å². The van der Waals surface area contributed by atoms with Crippen LogP contribution in [0.15, 0.2) is 42.5 Å². The molecule has 5 heteroatoms. The number of hydrogen-bond acceptors (Lipinski definition) is 3. The van der Waals surface area contributed by atoms with Crippen molar-refractivity contribution in [1.82, 2.24) is 5.32 Å². The van der Waals surface area contributed by atoms with Gasteiger partial charge in [-0.3, -0.25) is 4.79 Å². The number of carbonyl (C=O) groups is 1. The van der Waals surface area contributed by atoms with E-state index in [9.17, 15) is 4.79 Å². The quantitative estimate of drug-likeness (QED) is 0.673. The lowest BCUT2D eigenvalue weighted by Crippen LogP contribution is -2.37. The van der Waals surface area contributed by atoms with Crippen molar-refractivity contribution in [2.75, 3.05) is 12.3 Å². The number of nitrogens with one attached hydrogen (secondary N) is 1. The van der Waals surface area contributed by atoms with E-state index in [0.717, 1.165) is 39.0 Å². The molecule has 0 saturated heterocycles. The molecule has 3 nitrogen and oxygen atoms in total. The highest BCUT2D eigenvalue weighted by Crippen LogP contribution is 2.21. The average Bonchev–Trinajstić information content (AvgIpc) is 2.59. The smallest absolute Gasteiger partial charge is 0.260 e. The largest absolute Gasteiger partial charge is 0.481 e. The van der Waals surface area contributed by atoms with Crippen LogP contribution in [-0.4, -0.2) is 24.3 Å². The first kappa shape index (κ1) is 19.7. The Morgan fingerprint density at radius 1 is 1.24 bits per heavy atom. The molecule has 0 fully saturated rings. The van der Waals surface area contributed by atoms with E-state index in [-0.39, 0.29) is 5.91 Å². The molecule has 0 radical (unpaired) electrons. The molecule has 2 aromatic rings. The van der Waals surface area contributed by atoms with Crippen molar-refractivity contribution in [3.8, 4) is 5.75 Å². The average molecular weight is 378 g/mol. The van der Waals surface area contributed by atoms with Crippen LogP contribution in [0.4, 0.5) is 0 Å². The molecule has 0 aliphatic carbocycles. The summed E-state index contributed by atoms with van der Waals surface area (Å²) in [6.45, 7) is 6.36. The fourth-order valence-electron chi connectivity index (χ4n) is 2.27. The Morgan fingerprint density at radius 2 is 2.00 bits per heavy atom. The van der Waals surface area contributed by atoms with Crippen molar-refractivity contribution in [1.29, 1.82) is 0 Å². The molecule has 0 unspecified atom stereocenters. The number of thioether (sulfide) groups is 1. The lowest BCUT2D eigenvalue weighted by molar-refractivity contribution is -0.127. The number of benzene rings is 2. The Morgan fingerprint density at radius 3 is 2.76 bits per heavy atom. The van der Waals surface area contributed by atoms with Gasteiger partial charge in [0.2, 0.25) is 0 Å². The van der Waals surface area contributed by atoms with Gasteiger partial charge in [0.25, 0.3) is 5.91 Å². The summed E-state index contributed by atoms with van der Waals surface area (Å²) in [7, 11) is 0. The van der Waals surface area contributed by atoms with Gasteiger partial charge in [-0.1, -0.05) is 41.9 Å². The van der Waals surface area contributed by atoms with E-state index in [1.807, 2.05) is 56.3 Å². The molecule has 1 atom stereocenters. The van der Waals surface area contributed by atoms with E-state index >= 15 is 0 Å². The SMILES string of the molecule is Cc1ccc(C)c(O[C@H](C)C(=O)NCCSCc2ccccc2Cl)c1. The molecule has 0 spiro atoms. The molecule has 0 saturated carbocycles. The second-order valence-electron chi connectivity index (χ2n) is 5.96. The lowest BCUT2D eigenvalue weighted by atomic mass is 10.1. The van der Waals surface area contributed by atoms with Crippen LogP contribution >= 0.6 is 23.4 Å². The maximum atomic E-state index is 12.2. The van der Waals surface area contributed by atoms with E-state index in [1.54, 1.807) is 18.7 Å². The highest BCUT2D eigenvalue weighted by molar-refractivity contribution is 7.98. The van der Waals surface area contributed by atoms with E-state index < -0.39 is 6.10 Å². The number of halogens is 1. The van der Waals surface area contributed by atoms with Crippen LogP contribution in [0.5, 0.6) is 5.75 Å². The van der Waals surface area contributed by atoms with E-state index in [0.29, 0.717) is 6.54 Å². The van der Waals surface area contributed by atoms with Gasteiger partial charge < -0.3 is 10.1 Å². The Kier molecular flexibility index (Phi) is 7.66. The minimum Gasteiger partial charge on any atom is -0.481 e.